The number of anilines is 3. The van der Waals surface area contributed by atoms with Crippen LogP contribution in [0.3, 0.4) is 0 Å². The predicted octanol–water partition coefficient (Wildman–Crippen LogP) is 4.80. The zero-order chi connectivity index (χ0) is 22.2. The van der Waals surface area contributed by atoms with Crippen LogP contribution in [0, 0.1) is 5.92 Å². The van der Waals surface area contributed by atoms with E-state index in [9.17, 15) is 9.59 Å². The molecule has 0 aliphatic carbocycles. The summed E-state index contributed by atoms with van der Waals surface area (Å²) in [6.07, 6.45) is 4.99. The van der Waals surface area contributed by atoms with E-state index in [4.69, 9.17) is 4.74 Å². The van der Waals surface area contributed by atoms with Gasteiger partial charge in [0.2, 0.25) is 0 Å². The number of hydrogen-bond donors (Lipinski definition) is 2. The number of piperidine rings is 1. The highest BCUT2D eigenvalue weighted by atomic mass is 16.5. The van der Waals surface area contributed by atoms with Crippen LogP contribution in [0.1, 0.15) is 23.2 Å². The fourth-order valence-corrected chi connectivity index (χ4v) is 3.74. The van der Waals surface area contributed by atoms with E-state index in [0.717, 1.165) is 25.9 Å². The zero-order valence-corrected chi connectivity index (χ0v) is 17.7. The van der Waals surface area contributed by atoms with Crippen LogP contribution in [-0.2, 0) is 4.74 Å². The van der Waals surface area contributed by atoms with Crippen molar-refractivity contribution in [3.05, 3.63) is 84.7 Å². The lowest BCUT2D eigenvalue weighted by Crippen LogP contribution is -2.35. The Labute approximate surface area is 187 Å². The van der Waals surface area contributed by atoms with E-state index in [1.165, 1.54) is 5.69 Å². The molecule has 2 amide bonds. The average molecular weight is 431 g/mol. The normalized spacial score (nSPS) is 13.9. The highest BCUT2D eigenvalue weighted by Crippen LogP contribution is 2.24. The second kappa shape index (κ2) is 10.4. The Hall–Kier alpha value is -3.87. The first-order valence-corrected chi connectivity index (χ1v) is 10.7. The third kappa shape index (κ3) is 5.63. The van der Waals surface area contributed by atoms with Gasteiger partial charge in [0.1, 0.15) is 0 Å². The number of aromatic nitrogens is 1. The van der Waals surface area contributed by atoms with Crippen LogP contribution in [0.15, 0.2) is 79.1 Å². The largest absolute Gasteiger partial charge is 0.449 e. The molecule has 7 nitrogen and oxygen atoms in total. The highest BCUT2D eigenvalue weighted by Gasteiger charge is 2.21. The third-order valence-electron chi connectivity index (χ3n) is 5.54. The van der Waals surface area contributed by atoms with E-state index in [0.29, 0.717) is 29.5 Å². The van der Waals surface area contributed by atoms with Gasteiger partial charge in [-0.1, -0.05) is 30.3 Å². The molecule has 3 aromatic rings. The molecular formula is C25H26N4O3. The lowest BCUT2D eigenvalue weighted by atomic mass is 9.97. The van der Waals surface area contributed by atoms with Crippen LogP contribution < -0.4 is 15.5 Å². The molecule has 2 N–H and O–H groups in total. The minimum absolute atomic E-state index is 0.242. The van der Waals surface area contributed by atoms with Crippen molar-refractivity contribution in [1.29, 1.82) is 0 Å². The van der Waals surface area contributed by atoms with E-state index in [2.05, 4.69) is 20.5 Å². The lowest BCUT2D eigenvalue weighted by molar-refractivity contribution is 0.102. The Morgan fingerprint density at radius 2 is 1.50 bits per heavy atom. The van der Waals surface area contributed by atoms with Gasteiger partial charge in [-0.3, -0.25) is 15.1 Å². The molecule has 2 heterocycles. The van der Waals surface area contributed by atoms with Crippen LogP contribution in [0.2, 0.25) is 0 Å². The number of hydrogen-bond acceptors (Lipinski definition) is 5. The van der Waals surface area contributed by atoms with Crippen molar-refractivity contribution >= 4 is 29.1 Å². The van der Waals surface area contributed by atoms with Crippen molar-refractivity contribution in [1.82, 2.24) is 4.98 Å². The van der Waals surface area contributed by atoms with E-state index < -0.39 is 6.09 Å². The molecule has 1 saturated heterocycles. The smallest absolute Gasteiger partial charge is 0.411 e. The standard InChI is InChI=1S/C25H26N4O3/c30-24(20-6-2-1-3-7-20)27-22-8-4-5-9-23(22)28-25(31)32-18-19-12-16-29(17-13-19)21-10-14-26-15-11-21/h1-11,14-15,19H,12-13,16-18H2,(H,27,30)(H,28,31). The van der Waals surface area contributed by atoms with Crippen LogP contribution in [0.25, 0.3) is 0 Å². The molecule has 0 spiro atoms. The van der Waals surface area contributed by atoms with E-state index in [1.54, 1.807) is 60.9 Å². The van der Waals surface area contributed by atoms with Gasteiger partial charge in [0.05, 0.1) is 18.0 Å². The average Bonchev–Trinajstić information content (AvgIpc) is 2.85. The topological polar surface area (TPSA) is 83.6 Å². The van der Waals surface area contributed by atoms with Gasteiger partial charge in [0, 0.05) is 36.7 Å². The number of nitrogens with one attached hydrogen (secondary N) is 2. The summed E-state index contributed by atoms with van der Waals surface area (Å²) in [7, 11) is 0. The molecule has 0 unspecified atom stereocenters. The summed E-state index contributed by atoms with van der Waals surface area (Å²) < 4.78 is 5.48. The molecule has 1 fully saturated rings. The number of rotatable bonds is 6. The summed E-state index contributed by atoms with van der Waals surface area (Å²) in [5.74, 6) is 0.0843. The molecule has 164 valence electrons. The number of ether oxygens (including phenoxy) is 1. The van der Waals surface area contributed by atoms with Crippen molar-refractivity contribution in [2.75, 3.05) is 35.2 Å². The number of carbonyl (C=O) groups excluding carboxylic acids is 2. The molecule has 1 aliphatic rings. The van der Waals surface area contributed by atoms with E-state index in [-0.39, 0.29) is 5.91 Å². The first-order valence-electron chi connectivity index (χ1n) is 10.7. The number of para-hydroxylation sites is 2. The predicted molar refractivity (Wildman–Crippen MR) is 125 cm³/mol. The summed E-state index contributed by atoms with van der Waals surface area (Å²) in [4.78, 5) is 31.2. The quantitative estimate of drug-likeness (QED) is 0.587. The number of amides is 2. The summed E-state index contributed by atoms with van der Waals surface area (Å²) in [5, 5.41) is 5.59. The Balaban J connectivity index is 1.26. The number of carbonyl (C=O) groups is 2. The highest BCUT2D eigenvalue weighted by molar-refractivity contribution is 6.06. The van der Waals surface area contributed by atoms with Crippen molar-refractivity contribution < 1.29 is 14.3 Å². The number of nitrogens with zero attached hydrogens (tertiary/aromatic N) is 2. The summed E-state index contributed by atoms with van der Waals surface area (Å²) in [5.41, 5.74) is 2.73. The SMILES string of the molecule is O=C(Nc1ccccc1NC(=O)c1ccccc1)OCC1CCN(c2ccncc2)CC1. The fourth-order valence-electron chi connectivity index (χ4n) is 3.74. The Kier molecular flexibility index (Phi) is 6.97. The van der Waals surface area contributed by atoms with Gasteiger partial charge < -0.3 is 15.0 Å². The van der Waals surface area contributed by atoms with Crippen molar-refractivity contribution in [3.8, 4) is 0 Å². The molecule has 0 atom stereocenters. The van der Waals surface area contributed by atoms with Crippen molar-refractivity contribution in [2.24, 2.45) is 5.92 Å². The Morgan fingerprint density at radius 1 is 0.875 bits per heavy atom. The molecule has 0 bridgehead atoms. The van der Waals surface area contributed by atoms with Crippen LogP contribution in [0.4, 0.5) is 21.9 Å². The van der Waals surface area contributed by atoms with Crippen molar-refractivity contribution in [2.45, 2.75) is 12.8 Å². The monoisotopic (exact) mass is 430 g/mol. The van der Waals surface area contributed by atoms with Gasteiger partial charge in [-0.05, 0) is 55.2 Å². The number of benzene rings is 2. The maximum absolute atomic E-state index is 12.5. The fraction of sp³-hybridized carbons (Fsp3) is 0.240. The Bertz CT molecular complexity index is 1040. The van der Waals surface area contributed by atoms with Gasteiger partial charge in [0.25, 0.3) is 5.91 Å². The lowest BCUT2D eigenvalue weighted by Gasteiger charge is -2.33. The van der Waals surface area contributed by atoms with Crippen molar-refractivity contribution in [3.63, 3.8) is 0 Å². The molecule has 32 heavy (non-hydrogen) atoms. The zero-order valence-electron chi connectivity index (χ0n) is 17.7. The third-order valence-corrected chi connectivity index (χ3v) is 5.54. The molecule has 7 heteroatoms. The van der Waals surface area contributed by atoms with Gasteiger partial charge in [-0.25, -0.2) is 4.79 Å². The first-order chi connectivity index (χ1) is 15.7. The summed E-state index contributed by atoms with van der Waals surface area (Å²) in [6, 6.07) is 20.0. The van der Waals surface area contributed by atoms with Gasteiger partial charge in [-0.2, -0.15) is 0 Å². The van der Waals surface area contributed by atoms with Crippen LogP contribution in [-0.4, -0.2) is 36.7 Å². The number of pyridine rings is 1. The van der Waals surface area contributed by atoms with Gasteiger partial charge >= 0.3 is 6.09 Å². The first kappa shape index (κ1) is 21.4. The maximum Gasteiger partial charge on any atom is 0.411 e. The molecule has 0 saturated carbocycles. The van der Waals surface area contributed by atoms with Crippen LogP contribution in [0.5, 0.6) is 0 Å². The molecule has 0 radical (unpaired) electrons. The molecule has 1 aromatic heterocycles. The van der Waals surface area contributed by atoms with Gasteiger partial charge in [-0.15, -0.1) is 0 Å². The minimum atomic E-state index is -0.525. The maximum atomic E-state index is 12.5. The summed E-state index contributed by atoms with van der Waals surface area (Å²) >= 11 is 0. The second-order valence-corrected chi connectivity index (χ2v) is 7.73. The second-order valence-electron chi connectivity index (χ2n) is 7.73. The summed E-state index contributed by atoms with van der Waals surface area (Å²) in [6.45, 7) is 2.22. The molecular weight excluding hydrogens is 404 g/mol. The van der Waals surface area contributed by atoms with Gasteiger partial charge in [0.15, 0.2) is 0 Å². The molecule has 1 aliphatic heterocycles. The van der Waals surface area contributed by atoms with E-state index >= 15 is 0 Å². The molecule has 2 aromatic carbocycles. The van der Waals surface area contributed by atoms with E-state index in [1.807, 2.05) is 18.2 Å². The Morgan fingerprint density at radius 3 is 2.19 bits per heavy atom. The minimum Gasteiger partial charge on any atom is -0.449 e. The molecule has 4 rings (SSSR count). The van der Waals surface area contributed by atoms with Crippen LogP contribution >= 0.6 is 0 Å².